The number of halogens is 2. The highest BCUT2D eigenvalue weighted by atomic mass is 127. The number of likely N-dealkylation sites (N-methyl/N-ethyl adjacent to an activating group) is 1. The van der Waals surface area contributed by atoms with E-state index in [4.69, 9.17) is 25.8 Å². The van der Waals surface area contributed by atoms with Gasteiger partial charge in [-0.2, -0.15) is 9.97 Å². The lowest BCUT2D eigenvalue weighted by Crippen LogP contribution is -2.27. The number of nitrogens with one attached hydrogen (secondary N) is 1. The van der Waals surface area contributed by atoms with Crippen molar-refractivity contribution in [2.24, 2.45) is 7.05 Å². The van der Waals surface area contributed by atoms with Gasteiger partial charge in [-0.25, -0.2) is 9.97 Å². The molecule has 13 heteroatoms. The van der Waals surface area contributed by atoms with Crippen molar-refractivity contribution in [1.29, 1.82) is 0 Å². The van der Waals surface area contributed by atoms with Crippen LogP contribution in [0.5, 0.6) is 17.5 Å². The summed E-state index contributed by atoms with van der Waals surface area (Å²) in [5, 5.41) is 3.35. The Labute approximate surface area is 251 Å². The number of anilines is 2. The Balaban J connectivity index is 1.62. The van der Waals surface area contributed by atoms with Gasteiger partial charge < -0.3 is 24.4 Å². The summed E-state index contributed by atoms with van der Waals surface area (Å²) in [5.41, 5.74) is 2.35. The third-order valence-electron chi connectivity index (χ3n) is 6.42. The molecule has 3 aromatic heterocycles. The second-order valence-electron chi connectivity index (χ2n) is 8.68. The largest absolute Gasteiger partial charge is 0.492 e. The fourth-order valence-electron chi connectivity index (χ4n) is 4.16. The van der Waals surface area contributed by atoms with Crippen LogP contribution in [-0.2, 0) is 11.5 Å². The van der Waals surface area contributed by atoms with Gasteiger partial charge in [-0.1, -0.05) is 48.0 Å². The molecule has 4 aromatic rings. The van der Waals surface area contributed by atoms with Crippen molar-refractivity contribution in [2.75, 3.05) is 45.8 Å². The van der Waals surface area contributed by atoms with Crippen LogP contribution in [0, 0.1) is 0 Å². The number of benzene rings is 1. The van der Waals surface area contributed by atoms with Gasteiger partial charge in [0.05, 0.1) is 20.4 Å². The maximum atomic E-state index is 13.5. The quantitative estimate of drug-likeness (QED) is 0.165. The summed E-state index contributed by atoms with van der Waals surface area (Å²) in [6, 6.07) is 7.55. The van der Waals surface area contributed by atoms with E-state index in [1.165, 1.54) is 18.8 Å². The molecule has 0 atom stereocenters. The Morgan fingerprint density at radius 3 is 2.38 bits per heavy atom. The SMILES string of the molecule is CCN(CC)CCOc1ccc(Nc2ncc3nc(-c4c(Cl)c(OC)nc(OC)c4CI)c(=O)n(C)c3n2)cc1. The molecule has 0 aliphatic rings. The van der Waals surface area contributed by atoms with Crippen LogP contribution < -0.4 is 25.1 Å². The van der Waals surface area contributed by atoms with Crippen LogP contribution in [0.3, 0.4) is 0 Å². The molecule has 0 unspecified atom stereocenters. The van der Waals surface area contributed by atoms with E-state index in [-0.39, 0.29) is 22.2 Å². The second kappa shape index (κ2) is 13.4. The molecule has 4 rings (SSSR count). The van der Waals surface area contributed by atoms with Gasteiger partial charge in [0, 0.05) is 34.8 Å². The van der Waals surface area contributed by atoms with E-state index in [1.54, 1.807) is 13.2 Å². The van der Waals surface area contributed by atoms with E-state index in [9.17, 15) is 4.79 Å². The number of aromatic nitrogens is 5. The number of rotatable bonds is 12. The summed E-state index contributed by atoms with van der Waals surface area (Å²) in [5.74, 6) is 1.56. The minimum Gasteiger partial charge on any atom is -0.492 e. The van der Waals surface area contributed by atoms with E-state index in [1.807, 2.05) is 24.3 Å². The van der Waals surface area contributed by atoms with Crippen molar-refractivity contribution in [3.05, 3.63) is 51.4 Å². The van der Waals surface area contributed by atoms with Crippen LogP contribution in [0.25, 0.3) is 22.4 Å². The lowest BCUT2D eigenvalue weighted by atomic mass is 10.1. The van der Waals surface area contributed by atoms with Crippen molar-refractivity contribution >= 4 is 57.0 Å². The first-order chi connectivity index (χ1) is 19.3. The Bertz CT molecular complexity index is 1550. The first-order valence-electron chi connectivity index (χ1n) is 12.7. The predicted octanol–water partition coefficient (Wildman–Crippen LogP) is 4.86. The minimum absolute atomic E-state index is 0.131. The van der Waals surface area contributed by atoms with Crippen molar-refractivity contribution in [1.82, 2.24) is 29.4 Å². The van der Waals surface area contributed by atoms with E-state index in [0.29, 0.717) is 45.2 Å². The number of hydrogen-bond acceptors (Lipinski definition) is 10. The molecule has 3 heterocycles. The third-order valence-corrected chi connectivity index (χ3v) is 7.53. The third kappa shape index (κ3) is 6.23. The molecule has 0 aliphatic heterocycles. The standard InChI is InChI=1S/C27H31ClIN7O4/c1-6-36(7-2)12-13-40-17-10-8-16(9-11-17)31-27-30-15-19-23(33-27)35(3)26(37)22(32-19)20-18(14-29)24(38-4)34-25(39-5)21(20)28/h8-11,15H,6-7,12-14H2,1-5H3,(H,30,31,33). The monoisotopic (exact) mass is 679 g/mol. The molecule has 1 N–H and O–H groups in total. The fraction of sp³-hybridized carbons (Fsp3) is 0.370. The number of fused-ring (bicyclic) bond motifs is 1. The number of nitrogens with zero attached hydrogens (tertiary/aromatic N) is 6. The summed E-state index contributed by atoms with van der Waals surface area (Å²) < 4.78 is 18.5. The summed E-state index contributed by atoms with van der Waals surface area (Å²) in [6.45, 7) is 7.77. The molecule has 0 amide bonds. The molecule has 0 aliphatic carbocycles. The van der Waals surface area contributed by atoms with Crippen LogP contribution in [0.1, 0.15) is 19.4 Å². The highest BCUT2D eigenvalue weighted by Crippen LogP contribution is 2.40. The molecule has 40 heavy (non-hydrogen) atoms. The van der Waals surface area contributed by atoms with Crippen LogP contribution >= 0.6 is 34.2 Å². The Kier molecular flexibility index (Phi) is 9.98. The average Bonchev–Trinajstić information content (AvgIpc) is 2.98. The summed E-state index contributed by atoms with van der Waals surface area (Å²) >= 11 is 8.79. The van der Waals surface area contributed by atoms with E-state index in [2.05, 4.69) is 66.6 Å². The number of pyridine rings is 1. The summed E-state index contributed by atoms with van der Waals surface area (Å²) in [4.78, 5) is 33.7. The first kappa shape index (κ1) is 29.7. The minimum atomic E-state index is -0.383. The maximum absolute atomic E-state index is 13.5. The number of alkyl halides is 1. The molecule has 11 nitrogen and oxygen atoms in total. The zero-order chi connectivity index (χ0) is 28.8. The molecular weight excluding hydrogens is 649 g/mol. The highest BCUT2D eigenvalue weighted by Gasteiger charge is 2.25. The van der Waals surface area contributed by atoms with Crippen molar-refractivity contribution in [2.45, 2.75) is 18.3 Å². The molecular formula is C27H31ClIN7O4. The molecule has 0 fully saturated rings. The molecule has 0 spiro atoms. The number of aryl methyl sites for hydroxylation is 1. The Morgan fingerprint density at radius 2 is 1.75 bits per heavy atom. The number of hydrogen-bond donors (Lipinski definition) is 1. The maximum Gasteiger partial charge on any atom is 0.278 e. The second-order valence-corrected chi connectivity index (χ2v) is 9.82. The molecule has 0 radical (unpaired) electrons. The van der Waals surface area contributed by atoms with Gasteiger partial charge >= 0.3 is 0 Å². The van der Waals surface area contributed by atoms with E-state index >= 15 is 0 Å². The van der Waals surface area contributed by atoms with E-state index < -0.39 is 0 Å². The number of methoxy groups -OCH3 is 2. The van der Waals surface area contributed by atoms with E-state index in [0.717, 1.165) is 31.1 Å². The van der Waals surface area contributed by atoms with Gasteiger partial charge in [-0.05, 0) is 37.4 Å². The highest BCUT2D eigenvalue weighted by molar-refractivity contribution is 14.1. The van der Waals surface area contributed by atoms with Gasteiger partial charge in [0.15, 0.2) is 5.65 Å². The first-order valence-corrected chi connectivity index (χ1v) is 14.6. The zero-order valence-corrected chi connectivity index (χ0v) is 25.9. The Morgan fingerprint density at radius 1 is 1.05 bits per heavy atom. The van der Waals surface area contributed by atoms with Crippen molar-refractivity contribution in [3.63, 3.8) is 0 Å². The van der Waals surface area contributed by atoms with Gasteiger partial charge in [-0.3, -0.25) is 9.36 Å². The van der Waals surface area contributed by atoms with Gasteiger partial charge in [0.2, 0.25) is 17.7 Å². The number of ether oxygens (including phenoxy) is 3. The average molecular weight is 680 g/mol. The summed E-state index contributed by atoms with van der Waals surface area (Å²) in [7, 11) is 4.57. The lowest BCUT2D eigenvalue weighted by molar-refractivity contribution is 0.223. The van der Waals surface area contributed by atoms with Crippen molar-refractivity contribution < 1.29 is 14.2 Å². The van der Waals surface area contributed by atoms with Crippen LogP contribution in [0.4, 0.5) is 11.6 Å². The Hall–Kier alpha value is -3.23. The predicted molar refractivity (Wildman–Crippen MR) is 165 cm³/mol. The van der Waals surface area contributed by atoms with Crippen LogP contribution in [-0.4, -0.2) is 69.9 Å². The van der Waals surface area contributed by atoms with Gasteiger partial charge in [0.1, 0.15) is 28.6 Å². The molecule has 1 aromatic carbocycles. The topological polar surface area (TPSA) is 117 Å². The molecule has 212 valence electrons. The van der Waals surface area contributed by atoms with Crippen LogP contribution in [0.15, 0.2) is 35.3 Å². The lowest BCUT2D eigenvalue weighted by Gasteiger charge is -2.18. The summed E-state index contributed by atoms with van der Waals surface area (Å²) in [6.07, 6.45) is 1.56. The molecule has 0 saturated heterocycles. The van der Waals surface area contributed by atoms with Gasteiger partial charge in [0.25, 0.3) is 5.56 Å². The molecule has 0 saturated carbocycles. The van der Waals surface area contributed by atoms with Crippen LogP contribution in [0.2, 0.25) is 5.02 Å². The van der Waals surface area contributed by atoms with Crippen molar-refractivity contribution in [3.8, 4) is 28.8 Å². The van der Waals surface area contributed by atoms with Gasteiger partial charge in [-0.15, -0.1) is 0 Å². The fourth-order valence-corrected chi connectivity index (χ4v) is 5.20. The normalized spacial score (nSPS) is 11.2. The molecule has 0 bridgehead atoms. The smallest absolute Gasteiger partial charge is 0.278 e. The zero-order valence-electron chi connectivity index (χ0n) is 23.0.